The van der Waals surface area contributed by atoms with Crippen molar-refractivity contribution in [3.8, 4) is 0 Å². The maximum absolute atomic E-state index is 6.16. The van der Waals surface area contributed by atoms with Gasteiger partial charge in [0, 0.05) is 32.8 Å². The van der Waals surface area contributed by atoms with Gasteiger partial charge in [-0.2, -0.15) is 0 Å². The molecule has 0 radical (unpaired) electrons. The molecule has 2 aliphatic heterocycles. The molecule has 0 aliphatic carbocycles. The molecule has 2 N–H and O–H groups in total. The summed E-state index contributed by atoms with van der Waals surface area (Å²) in [6.45, 7) is 8.08. The summed E-state index contributed by atoms with van der Waals surface area (Å²) in [4.78, 5) is 11.8. The number of nitrogens with one attached hydrogen (secondary N) is 2. The van der Waals surface area contributed by atoms with E-state index in [4.69, 9.17) is 14.5 Å². The SMILES string of the molecule is CCNC(=NCCNc1nc2ccccc2s1)N1CCC(OCC2CCCCO2)CC1.I. The number of halogens is 1. The van der Waals surface area contributed by atoms with Crippen LogP contribution in [0.5, 0.6) is 0 Å². The van der Waals surface area contributed by atoms with Gasteiger partial charge in [0.25, 0.3) is 0 Å². The first-order valence-electron chi connectivity index (χ1n) is 11.7. The van der Waals surface area contributed by atoms with Crippen molar-refractivity contribution in [1.82, 2.24) is 15.2 Å². The van der Waals surface area contributed by atoms with Crippen molar-refractivity contribution in [1.29, 1.82) is 0 Å². The summed E-state index contributed by atoms with van der Waals surface area (Å²) >= 11 is 1.69. The molecule has 1 atom stereocenters. The second-order valence-corrected chi connectivity index (χ2v) is 9.19. The lowest BCUT2D eigenvalue weighted by atomic mass is 10.1. The predicted octanol–water partition coefficient (Wildman–Crippen LogP) is 4.34. The van der Waals surface area contributed by atoms with Crippen molar-refractivity contribution in [2.24, 2.45) is 4.99 Å². The van der Waals surface area contributed by atoms with Gasteiger partial charge in [0.1, 0.15) is 0 Å². The van der Waals surface area contributed by atoms with E-state index in [2.05, 4.69) is 39.6 Å². The van der Waals surface area contributed by atoms with Crippen LogP contribution in [0.4, 0.5) is 5.13 Å². The molecule has 1 aromatic heterocycles. The summed E-state index contributed by atoms with van der Waals surface area (Å²) < 4.78 is 13.2. The molecule has 4 rings (SSSR count). The molecule has 7 nitrogen and oxygen atoms in total. The Kier molecular flexibility index (Phi) is 10.8. The summed E-state index contributed by atoms with van der Waals surface area (Å²) in [6, 6.07) is 8.23. The molecule has 2 fully saturated rings. The largest absolute Gasteiger partial charge is 0.376 e. The molecule has 2 aromatic rings. The van der Waals surface area contributed by atoms with E-state index in [9.17, 15) is 0 Å². The van der Waals surface area contributed by atoms with Crippen LogP contribution in [-0.4, -0.2) is 74.0 Å². The fourth-order valence-electron chi connectivity index (χ4n) is 4.11. The molecule has 2 aliphatic rings. The van der Waals surface area contributed by atoms with Crippen molar-refractivity contribution in [3.63, 3.8) is 0 Å². The van der Waals surface area contributed by atoms with Crippen molar-refractivity contribution < 1.29 is 9.47 Å². The molecule has 0 spiro atoms. The molecule has 1 aromatic carbocycles. The molecule has 1 unspecified atom stereocenters. The van der Waals surface area contributed by atoms with Gasteiger partial charge in [-0.25, -0.2) is 4.98 Å². The van der Waals surface area contributed by atoms with Gasteiger partial charge >= 0.3 is 0 Å². The van der Waals surface area contributed by atoms with Crippen LogP contribution in [0.25, 0.3) is 10.2 Å². The van der Waals surface area contributed by atoms with Crippen LogP contribution < -0.4 is 10.6 Å². The number of thiazole rings is 1. The number of aromatic nitrogens is 1. The van der Waals surface area contributed by atoms with Crippen LogP contribution >= 0.6 is 35.3 Å². The van der Waals surface area contributed by atoms with E-state index in [1.165, 1.54) is 17.5 Å². The van der Waals surface area contributed by atoms with E-state index in [1.807, 2.05) is 12.1 Å². The summed E-state index contributed by atoms with van der Waals surface area (Å²) in [7, 11) is 0. The fraction of sp³-hybridized carbons (Fsp3) is 0.652. The second kappa shape index (κ2) is 13.5. The Morgan fingerprint density at radius 2 is 2.09 bits per heavy atom. The van der Waals surface area contributed by atoms with Crippen LogP contribution in [0.2, 0.25) is 0 Å². The Hall–Kier alpha value is -1.17. The number of anilines is 1. The van der Waals surface area contributed by atoms with Gasteiger partial charge in [0.05, 0.1) is 35.6 Å². The molecule has 178 valence electrons. The van der Waals surface area contributed by atoms with Gasteiger partial charge in [-0.3, -0.25) is 4.99 Å². The summed E-state index contributed by atoms with van der Waals surface area (Å²) in [5.74, 6) is 1.00. The fourth-order valence-corrected chi connectivity index (χ4v) is 5.01. The smallest absolute Gasteiger partial charge is 0.193 e. The first kappa shape index (κ1) is 25.5. The van der Waals surface area contributed by atoms with Crippen LogP contribution in [0.1, 0.15) is 39.0 Å². The van der Waals surface area contributed by atoms with Crippen molar-refractivity contribution in [2.75, 3.05) is 51.3 Å². The third kappa shape index (κ3) is 7.43. The lowest BCUT2D eigenvalue weighted by molar-refractivity contribution is -0.0721. The molecule has 32 heavy (non-hydrogen) atoms. The number of fused-ring (bicyclic) bond motifs is 1. The van der Waals surface area contributed by atoms with Gasteiger partial charge in [0.2, 0.25) is 0 Å². The topological polar surface area (TPSA) is 71.0 Å². The van der Waals surface area contributed by atoms with Crippen LogP contribution in [0.3, 0.4) is 0 Å². The van der Waals surface area contributed by atoms with Crippen molar-refractivity contribution in [3.05, 3.63) is 24.3 Å². The number of aliphatic imine (C=N–C) groups is 1. The van der Waals surface area contributed by atoms with E-state index in [0.29, 0.717) is 18.8 Å². The van der Waals surface area contributed by atoms with Gasteiger partial charge < -0.3 is 25.0 Å². The summed E-state index contributed by atoms with van der Waals surface area (Å²) in [6.07, 6.45) is 6.32. The molecule has 9 heteroatoms. The number of nitrogens with zero attached hydrogens (tertiary/aromatic N) is 3. The third-order valence-corrected chi connectivity index (χ3v) is 6.81. The Labute approximate surface area is 212 Å². The number of piperidine rings is 1. The third-order valence-electron chi connectivity index (χ3n) is 5.81. The van der Waals surface area contributed by atoms with Crippen LogP contribution in [0, 0.1) is 0 Å². The van der Waals surface area contributed by atoms with E-state index in [1.54, 1.807) is 11.3 Å². The highest BCUT2D eigenvalue weighted by Crippen LogP contribution is 2.25. The van der Waals surface area contributed by atoms with E-state index in [-0.39, 0.29) is 24.0 Å². The maximum Gasteiger partial charge on any atom is 0.193 e. The van der Waals surface area contributed by atoms with Gasteiger partial charge in [-0.15, -0.1) is 24.0 Å². The van der Waals surface area contributed by atoms with Crippen molar-refractivity contribution >= 4 is 56.6 Å². The van der Waals surface area contributed by atoms with Crippen LogP contribution in [0.15, 0.2) is 29.3 Å². The minimum atomic E-state index is 0. The number of rotatable bonds is 8. The highest BCUT2D eigenvalue weighted by atomic mass is 127. The number of ether oxygens (including phenoxy) is 2. The molecule has 2 saturated heterocycles. The molecule has 0 bridgehead atoms. The average Bonchev–Trinajstić information content (AvgIpc) is 3.24. The lowest BCUT2D eigenvalue weighted by Crippen LogP contribution is -2.47. The number of para-hydroxylation sites is 1. The Morgan fingerprint density at radius 1 is 1.25 bits per heavy atom. The number of benzene rings is 1. The first-order valence-corrected chi connectivity index (χ1v) is 12.5. The lowest BCUT2D eigenvalue weighted by Gasteiger charge is -2.35. The first-order chi connectivity index (χ1) is 15.3. The van der Waals surface area contributed by atoms with E-state index >= 15 is 0 Å². The normalized spacial score (nSPS) is 20.2. The minimum absolute atomic E-state index is 0. The zero-order valence-corrected chi connectivity index (χ0v) is 22.1. The van der Waals surface area contributed by atoms with E-state index < -0.39 is 0 Å². The zero-order valence-electron chi connectivity index (χ0n) is 18.9. The number of hydrogen-bond acceptors (Lipinski definition) is 6. The Balaban J connectivity index is 0.00000289. The standard InChI is InChI=1S/C23H35N5O2S.HI/c1-2-24-22(25-12-13-26-23-27-20-8-3-4-9-21(20)31-23)28-14-10-18(11-15-28)30-17-19-7-5-6-16-29-19;/h3-4,8-9,18-19H,2,5-7,10-17H2,1H3,(H,24,25)(H,26,27);1H. The van der Waals surface area contributed by atoms with Gasteiger partial charge in [-0.1, -0.05) is 23.5 Å². The summed E-state index contributed by atoms with van der Waals surface area (Å²) in [5, 5.41) is 7.82. The summed E-state index contributed by atoms with van der Waals surface area (Å²) in [5.41, 5.74) is 1.05. The molecule has 3 heterocycles. The molecule has 0 amide bonds. The van der Waals surface area contributed by atoms with E-state index in [0.717, 1.165) is 75.3 Å². The zero-order chi connectivity index (χ0) is 21.3. The maximum atomic E-state index is 6.16. The Morgan fingerprint density at radius 3 is 2.84 bits per heavy atom. The van der Waals surface area contributed by atoms with Crippen LogP contribution in [-0.2, 0) is 9.47 Å². The average molecular weight is 574 g/mol. The molecular weight excluding hydrogens is 537 g/mol. The monoisotopic (exact) mass is 573 g/mol. The number of guanidine groups is 1. The molecule has 0 saturated carbocycles. The number of hydrogen-bond donors (Lipinski definition) is 2. The molecular formula is C23H36IN5O2S. The highest BCUT2D eigenvalue weighted by molar-refractivity contribution is 14.0. The minimum Gasteiger partial charge on any atom is -0.376 e. The quantitative estimate of drug-likeness (QED) is 0.212. The van der Waals surface area contributed by atoms with Gasteiger partial charge in [0.15, 0.2) is 11.1 Å². The predicted molar refractivity (Wildman–Crippen MR) is 144 cm³/mol. The van der Waals surface area contributed by atoms with Crippen molar-refractivity contribution in [2.45, 2.75) is 51.2 Å². The van der Waals surface area contributed by atoms with Gasteiger partial charge in [-0.05, 0) is 51.2 Å². The Bertz CT molecular complexity index is 802. The highest BCUT2D eigenvalue weighted by Gasteiger charge is 2.23. The second-order valence-electron chi connectivity index (χ2n) is 8.16. The number of likely N-dealkylation sites (tertiary alicyclic amines) is 1.